The van der Waals surface area contributed by atoms with E-state index in [1.54, 1.807) is 15.6 Å². The van der Waals surface area contributed by atoms with Crippen LogP contribution in [0.15, 0.2) is 11.4 Å². The van der Waals surface area contributed by atoms with Gasteiger partial charge in [0.05, 0.1) is 6.20 Å². The van der Waals surface area contributed by atoms with E-state index in [9.17, 15) is 13.2 Å². The lowest BCUT2D eigenvalue weighted by Gasteiger charge is -2.41. The van der Waals surface area contributed by atoms with Crippen LogP contribution in [0.4, 0.5) is 10.7 Å². The molecule has 29 heavy (non-hydrogen) atoms. The van der Waals surface area contributed by atoms with E-state index in [4.69, 9.17) is 4.74 Å². The number of piperazine rings is 1. The van der Waals surface area contributed by atoms with Crippen molar-refractivity contribution in [1.82, 2.24) is 24.5 Å². The fourth-order valence-electron chi connectivity index (χ4n) is 3.27. The third-order valence-corrected chi connectivity index (χ3v) is 5.55. The number of carbonyl (C=O) groups is 1. The zero-order valence-corrected chi connectivity index (χ0v) is 18.5. The van der Waals surface area contributed by atoms with E-state index in [0.29, 0.717) is 31.2 Å². The van der Waals surface area contributed by atoms with Gasteiger partial charge in [-0.1, -0.05) is 6.92 Å². The van der Waals surface area contributed by atoms with E-state index in [-0.39, 0.29) is 17.3 Å². The van der Waals surface area contributed by atoms with Crippen LogP contribution in [0.1, 0.15) is 39.7 Å². The number of aromatic nitrogens is 4. The van der Waals surface area contributed by atoms with Crippen LogP contribution < -0.4 is 4.90 Å². The molecule has 11 heteroatoms. The molecule has 1 atom stereocenters. The predicted molar refractivity (Wildman–Crippen MR) is 108 cm³/mol. The van der Waals surface area contributed by atoms with Crippen LogP contribution in [0.2, 0.25) is 0 Å². The lowest BCUT2D eigenvalue weighted by atomic mass is 10.1. The van der Waals surface area contributed by atoms with Gasteiger partial charge in [-0.05, 0) is 34.1 Å². The first-order valence-electron chi connectivity index (χ1n) is 9.57. The summed E-state index contributed by atoms with van der Waals surface area (Å²) in [7, 11) is -3.59. The molecule has 0 aromatic carbocycles. The standard InChI is InChI=1S/C18H28N6O4S/c1-7-13-11-22(17(25)28-18(3,4)5)8-9-23(13)16-21-15(29(6,26)27)20-14-12(2)10-19-24(14)16/h10,13H,7-9,11H2,1-6H3/t13-/m0/s1. The van der Waals surface area contributed by atoms with Crippen LogP contribution in [0.5, 0.6) is 0 Å². The van der Waals surface area contributed by atoms with Crippen molar-refractivity contribution >= 4 is 27.5 Å². The number of hydrogen-bond acceptors (Lipinski definition) is 8. The highest BCUT2D eigenvalue weighted by atomic mass is 32.2. The van der Waals surface area contributed by atoms with Crippen LogP contribution in [-0.2, 0) is 14.6 Å². The fourth-order valence-corrected chi connectivity index (χ4v) is 3.77. The zero-order chi connectivity index (χ0) is 21.6. The monoisotopic (exact) mass is 424 g/mol. The number of nitrogens with zero attached hydrogens (tertiary/aromatic N) is 6. The summed E-state index contributed by atoms with van der Waals surface area (Å²) in [6.07, 6.45) is 3.11. The van der Waals surface area contributed by atoms with Crippen molar-refractivity contribution in [3.8, 4) is 0 Å². The second kappa shape index (κ2) is 7.43. The molecule has 3 rings (SSSR count). The van der Waals surface area contributed by atoms with Gasteiger partial charge in [0, 0.05) is 37.5 Å². The molecule has 10 nitrogen and oxygen atoms in total. The first kappa shape index (κ1) is 21.3. The highest BCUT2D eigenvalue weighted by Gasteiger charge is 2.34. The molecular formula is C18H28N6O4S. The molecule has 160 valence electrons. The summed E-state index contributed by atoms with van der Waals surface area (Å²) >= 11 is 0. The Labute approximate surface area is 170 Å². The van der Waals surface area contributed by atoms with Gasteiger partial charge < -0.3 is 14.5 Å². The van der Waals surface area contributed by atoms with Gasteiger partial charge >= 0.3 is 6.09 Å². The van der Waals surface area contributed by atoms with Gasteiger partial charge in [-0.15, -0.1) is 0 Å². The molecule has 2 aromatic rings. The summed E-state index contributed by atoms with van der Waals surface area (Å²) in [5, 5.41) is 4.11. The SMILES string of the molecule is CC[C@H]1CN(C(=O)OC(C)(C)C)CCN1c1nc(S(C)(=O)=O)nc2c(C)cnn12. The third kappa shape index (κ3) is 4.44. The lowest BCUT2D eigenvalue weighted by molar-refractivity contribution is 0.0212. The maximum absolute atomic E-state index is 12.5. The van der Waals surface area contributed by atoms with E-state index in [1.807, 2.05) is 39.5 Å². The maximum atomic E-state index is 12.5. The van der Waals surface area contributed by atoms with Crippen molar-refractivity contribution in [2.24, 2.45) is 0 Å². The molecule has 0 aliphatic carbocycles. The first-order chi connectivity index (χ1) is 13.4. The molecule has 1 aliphatic heterocycles. The number of hydrogen-bond donors (Lipinski definition) is 0. The van der Waals surface area contributed by atoms with E-state index in [1.165, 1.54) is 0 Å². The Balaban J connectivity index is 1.97. The Morgan fingerprint density at radius 3 is 2.55 bits per heavy atom. The van der Waals surface area contributed by atoms with E-state index < -0.39 is 15.4 Å². The molecule has 3 heterocycles. The van der Waals surface area contributed by atoms with Crippen molar-refractivity contribution in [2.75, 3.05) is 30.8 Å². The minimum Gasteiger partial charge on any atom is -0.444 e. The Morgan fingerprint density at radius 1 is 1.28 bits per heavy atom. The first-order valence-corrected chi connectivity index (χ1v) is 11.5. The number of anilines is 1. The summed E-state index contributed by atoms with van der Waals surface area (Å²) in [6.45, 7) is 10.7. The van der Waals surface area contributed by atoms with Crippen LogP contribution in [0.25, 0.3) is 5.65 Å². The smallest absolute Gasteiger partial charge is 0.410 e. The molecular weight excluding hydrogens is 396 g/mol. The number of aryl methyl sites for hydroxylation is 1. The van der Waals surface area contributed by atoms with Crippen LogP contribution >= 0.6 is 0 Å². The predicted octanol–water partition coefficient (Wildman–Crippen LogP) is 1.67. The summed E-state index contributed by atoms with van der Waals surface area (Å²) in [6, 6.07) is -0.0636. The van der Waals surface area contributed by atoms with Crippen LogP contribution in [-0.4, -0.2) is 76.5 Å². The van der Waals surface area contributed by atoms with Crippen molar-refractivity contribution in [2.45, 2.75) is 57.8 Å². The summed E-state index contributed by atoms with van der Waals surface area (Å²) in [5.41, 5.74) is 0.657. The molecule has 1 amide bonds. The van der Waals surface area contributed by atoms with Gasteiger partial charge in [0.25, 0.3) is 5.16 Å². The lowest BCUT2D eigenvalue weighted by Crippen LogP contribution is -2.56. The molecule has 1 aliphatic rings. The molecule has 1 saturated heterocycles. The van der Waals surface area contributed by atoms with Crippen LogP contribution in [0, 0.1) is 6.92 Å². The molecule has 0 unspecified atom stereocenters. The van der Waals surface area contributed by atoms with Gasteiger partial charge in [-0.3, -0.25) is 0 Å². The minimum atomic E-state index is -3.59. The average molecular weight is 425 g/mol. The maximum Gasteiger partial charge on any atom is 0.410 e. The van der Waals surface area contributed by atoms with Gasteiger partial charge in [0.2, 0.25) is 15.8 Å². The van der Waals surface area contributed by atoms with Gasteiger partial charge in [-0.2, -0.15) is 19.6 Å². The van der Waals surface area contributed by atoms with Gasteiger partial charge in [-0.25, -0.2) is 13.2 Å². The van der Waals surface area contributed by atoms with Gasteiger partial charge in [0.15, 0.2) is 5.65 Å². The quantitative estimate of drug-likeness (QED) is 0.732. The normalized spacial score (nSPS) is 18.3. The molecule has 0 spiro atoms. The number of fused-ring (bicyclic) bond motifs is 1. The topological polar surface area (TPSA) is 110 Å². The third-order valence-electron chi connectivity index (χ3n) is 4.70. The molecule has 0 saturated carbocycles. The summed E-state index contributed by atoms with van der Waals surface area (Å²) < 4.78 is 31.3. The Bertz CT molecular complexity index is 1030. The highest BCUT2D eigenvalue weighted by molar-refractivity contribution is 7.90. The van der Waals surface area contributed by atoms with Crippen molar-refractivity contribution < 1.29 is 17.9 Å². The van der Waals surface area contributed by atoms with Crippen molar-refractivity contribution in [3.05, 3.63) is 11.8 Å². The Kier molecular flexibility index (Phi) is 5.46. The zero-order valence-electron chi connectivity index (χ0n) is 17.7. The molecule has 1 fully saturated rings. The Hall–Kier alpha value is -2.43. The number of sulfone groups is 1. The second-order valence-corrected chi connectivity index (χ2v) is 10.2. The number of carbonyl (C=O) groups excluding carboxylic acids is 1. The fraction of sp³-hybridized carbons (Fsp3) is 0.667. The van der Waals surface area contributed by atoms with E-state index >= 15 is 0 Å². The summed E-state index contributed by atoms with van der Waals surface area (Å²) in [4.78, 5) is 24.7. The molecule has 2 aromatic heterocycles. The van der Waals surface area contributed by atoms with Crippen LogP contribution in [0.3, 0.4) is 0 Å². The number of rotatable bonds is 3. The minimum absolute atomic E-state index is 0.0636. The highest BCUT2D eigenvalue weighted by Crippen LogP contribution is 2.24. The largest absolute Gasteiger partial charge is 0.444 e. The molecule has 0 N–H and O–H groups in total. The average Bonchev–Trinajstić information content (AvgIpc) is 2.99. The van der Waals surface area contributed by atoms with Crippen molar-refractivity contribution in [3.63, 3.8) is 0 Å². The second-order valence-electron chi connectivity index (χ2n) is 8.32. The van der Waals surface area contributed by atoms with Crippen molar-refractivity contribution in [1.29, 1.82) is 0 Å². The van der Waals surface area contributed by atoms with Gasteiger partial charge in [0.1, 0.15) is 5.60 Å². The number of ether oxygens (including phenoxy) is 1. The summed E-state index contributed by atoms with van der Waals surface area (Å²) in [5.74, 6) is 0.416. The Morgan fingerprint density at radius 2 is 1.97 bits per heavy atom. The van der Waals surface area contributed by atoms with E-state index in [2.05, 4.69) is 15.1 Å². The molecule has 0 radical (unpaired) electrons. The number of amides is 1. The van der Waals surface area contributed by atoms with E-state index in [0.717, 1.165) is 18.2 Å². The molecule has 0 bridgehead atoms.